The van der Waals surface area contributed by atoms with Gasteiger partial charge in [0, 0.05) is 29.3 Å². The van der Waals surface area contributed by atoms with Gasteiger partial charge in [0.2, 0.25) is 7.29 Å². The molecule has 168 valence electrons. The highest BCUT2D eigenvalue weighted by Gasteiger charge is 2.45. The SMILES string of the molecule is CCOC(=O)C1=CCN(P(=O)(c2ccccc2)c2ccccc2)[C@H]1c1cccc([N+](=O)[O-])c1. The molecule has 0 bridgehead atoms. The summed E-state index contributed by atoms with van der Waals surface area (Å²) < 4.78 is 22.0. The lowest BCUT2D eigenvalue weighted by molar-refractivity contribution is -0.384. The van der Waals surface area contributed by atoms with Gasteiger partial charge < -0.3 is 4.74 Å². The molecule has 0 aromatic heterocycles. The number of carbonyl (C=O) groups excluding carboxylic acids is 1. The predicted molar refractivity (Wildman–Crippen MR) is 127 cm³/mol. The van der Waals surface area contributed by atoms with Crippen molar-refractivity contribution >= 4 is 29.6 Å². The number of nitrogens with zero attached hydrogens (tertiary/aromatic N) is 2. The molecule has 0 spiro atoms. The Morgan fingerprint density at radius 1 is 1.03 bits per heavy atom. The molecule has 1 heterocycles. The van der Waals surface area contributed by atoms with E-state index in [9.17, 15) is 19.5 Å². The second kappa shape index (κ2) is 9.53. The van der Waals surface area contributed by atoms with Crippen molar-refractivity contribution in [3.8, 4) is 0 Å². The van der Waals surface area contributed by atoms with Crippen LogP contribution in [0.25, 0.3) is 0 Å². The third-order valence-electron chi connectivity index (χ3n) is 5.57. The normalized spacial score (nSPS) is 16.3. The third-order valence-corrected chi connectivity index (χ3v) is 8.69. The Hall–Kier alpha value is -3.54. The van der Waals surface area contributed by atoms with Crippen molar-refractivity contribution in [1.82, 2.24) is 4.67 Å². The quantitative estimate of drug-likeness (QED) is 0.224. The lowest BCUT2D eigenvalue weighted by Gasteiger charge is -2.35. The Bertz CT molecular complexity index is 1200. The smallest absolute Gasteiger partial charge is 0.335 e. The van der Waals surface area contributed by atoms with Crippen LogP contribution in [0.2, 0.25) is 0 Å². The molecule has 0 aliphatic carbocycles. The van der Waals surface area contributed by atoms with Crippen LogP contribution in [-0.4, -0.2) is 28.7 Å². The van der Waals surface area contributed by atoms with Gasteiger partial charge in [-0.2, -0.15) is 0 Å². The number of benzene rings is 3. The van der Waals surface area contributed by atoms with Gasteiger partial charge in [-0.05, 0) is 36.8 Å². The van der Waals surface area contributed by atoms with E-state index in [2.05, 4.69) is 0 Å². The number of rotatable bonds is 7. The molecular weight excluding hydrogens is 439 g/mol. The van der Waals surface area contributed by atoms with E-state index >= 15 is 0 Å². The van der Waals surface area contributed by atoms with Gasteiger partial charge in [0.15, 0.2) is 0 Å². The molecule has 1 aliphatic heterocycles. The first kappa shape index (κ1) is 22.6. The van der Waals surface area contributed by atoms with E-state index in [-0.39, 0.29) is 18.8 Å². The Morgan fingerprint density at radius 3 is 2.18 bits per heavy atom. The highest BCUT2D eigenvalue weighted by Crippen LogP contribution is 2.56. The molecule has 0 N–H and O–H groups in total. The van der Waals surface area contributed by atoms with Crippen LogP contribution in [-0.2, 0) is 14.1 Å². The minimum absolute atomic E-state index is 0.100. The predicted octanol–water partition coefficient (Wildman–Crippen LogP) is 4.37. The Kier molecular flexibility index (Phi) is 6.54. The first-order valence-corrected chi connectivity index (χ1v) is 12.2. The Morgan fingerprint density at radius 2 is 1.64 bits per heavy atom. The molecule has 0 saturated carbocycles. The number of carbonyl (C=O) groups is 1. The largest absolute Gasteiger partial charge is 0.463 e. The second-order valence-corrected chi connectivity index (χ2v) is 10.2. The molecule has 3 aromatic carbocycles. The number of hydrogen-bond acceptors (Lipinski definition) is 5. The first-order chi connectivity index (χ1) is 16.0. The van der Waals surface area contributed by atoms with Crippen molar-refractivity contribution in [3.05, 3.63) is 112 Å². The molecule has 7 nitrogen and oxygen atoms in total. The lowest BCUT2D eigenvalue weighted by Crippen LogP contribution is -2.34. The Balaban J connectivity index is 1.91. The summed E-state index contributed by atoms with van der Waals surface area (Å²) >= 11 is 0. The minimum atomic E-state index is -3.42. The van der Waals surface area contributed by atoms with Crippen LogP contribution in [0.5, 0.6) is 0 Å². The molecule has 8 heteroatoms. The van der Waals surface area contributed by atoms with Gasteiger partial charge >= 0.3 is 5.97 Å². The van der Waals surface area contributed by atoms with Crippen molar-refractivity contribution in [1.29, 1.82) is 0 Å². The maximum absolute atomic E-state index is 15.0. The van der Waals surface area contributed by atoms with Crippen LogP contribution in [0.4, 0.5) is 5.69 Å². The highest BCUT2D eigenvalue weighted by molar-refractivity contribution is 7.76. The molecular formula is C25H23N2O5P. The molecule has 3 aromatic rings. The van der Waals surface area contributed by atoms with E-state index in [1.54, 1.807) is 54.1 Å². The van der Waals surface area contributed by atoms with Gasteiger partial charge in [0.25, 0.3) is 5.69 Å². The van der Waals surface area contributed by atoms with Gasteiger partial charge in [0.05, 0.1) is 23.1 Å². The van der Waals surface area contributed by atoms with Crippen molar-refractivity contribution in [2.24, 2.45) is 0 Å². The third kappa shape index (κ3) is 4.25. The summed E-state index contributed by atoms with van der Waals surface area (Å²) in [4.78, 5) is 23.8. The minimum Gasteiger partial charge on any atom is -0.463 e. The Labute approximate surface area is 191 Å². The summed E-state index contributed by atoms with van der Waals surface area (Å²) in [5, 5.41) is 12.7. The monoisotopic (exact) mass is 462 g/mol. The van der Waals surface area contributed by atoms with Crippen LogP contribution in [0.1, 0.15) is 18.5 Å². The second-order valence-electron chi connectivity index (χ2n) is 7.50. The molecule has 1 aliphatic rings. The molecule has 0 saturated heterocycles. The number of nitro groups is 1. The number of ether oxygens (including phenoxy) is 1. The molecule has 0 fully saturated rings. The van der Waals surface area contributed by atoms with E-state index < -0.39 is 24.2 Å². The summed E-state index contributed by atoms with van der Waals surface area (Å²) in [6.07, 6.45) is 1.71. The van der Waals surface area contributed by atoms with Crippen molar-refractivity contribution in [2.45, 2.75) is 13.0 Å². The first-order valence-electron chi connectivity index (χ1n) is 10.6. The molecule has 0 unspecified atom stereocenters. The average Bonchev–Trinajstić information content (AvgIpc) is 3.31. The summed E-state index contributed by atoms with van der Waals surface area (Å²) in [6.45, 7) is 2.13. The van der Waals surface area contributed by atoms with Crippen molar-refractivity contribution in [2.75, 3.05) is 13.2 Å². The van der Waals surface area contributed by atoms with Gasteiger partial charge in [-0.1, -0.05) is 54.6 Å². The van der Waals surface area contributed by atoms with E-state index in [0.29, 0.717) is 21.7 Å². The summed E-state index contributed by atoms with van der Waals surface area (Å²) in [5.74, 6) is -0.524. The standard InChI is InChI=1S/C25H23N2O5P/c1-2-32-25(28)23-16-17-26(24(23)19-10-9-11-20(18-19)27(29)30)33(31,21-12-5-3-6-13-21)22-14-7-4-8-15-22/h3-16,18,24H,2,17H2,1H3/t24-/m0/s1. The number of hydrogen-bond donors (Lipinski definition) is 0. The van der Waals surface area contributed by atoms with Gasteiger partial charge in [0.1, 0.15) is 0 Å². The van der Waals surface area contributed by atoms with E-state index in [1.807, 2.05) is 36.4 Å². The fourth-order valence-corrected chi connectivity index (χ4v) is 7.06. The number of non-ortho nitro benzene ring substituents is 1. The maximum Gasteiger partial charge on any atom is 0.335 e. The zero-order valence-corrected chi connectivity index (χ0v) is 18.9. The van der Waals surface area contributed by atoms with Crippen LogP contribution >= 0.6 is 7.29 Å². The van der Waals surface area contributed by atoms with E-state index in [4.69, 9.17) is 4.74 Å². The summed E-state index contributed by atoms with van der Waals surface area (Å²) in [5.41, 5.74) is 0.731. The zero-order chi connectivity index (χ0) is 23.4. The highest BCUT2D eigenvalue weighted by atomic mass is 31.2. The summed E-state index contributed by atoms with van der Waals surface area (Å²) in [7, 11) is -3.42. The topological polar surface area (TPSA) is 89.8 Å². The van der Waals surface area contributed by atoms with Crippen LogP contribution < -0.4 is 10.6 Å². The lowest BCUT2D eigenvalue weighted by atomic mass is 10.0. The zero-order valence-electron chi connectivity index (χ0n) is 18.0. The maximum atomic E-state index is 15.0. The van der Waals surface area contributed by atoms with Gasteiger partial charge in [-0.15, -0.1) is 0 Å². The average molecular weight is 462 g/mol. The number of esters is 1. The number of nitro benzene ring substituents is 1. The molecule has 4 rings (SSSR count). The van der Waals surface area contributed by atoms with Gasteiger partial charge in [-0.3, -0.25) is 14.7 Å². The van der Waals surface area contributed by atoms with Crippen LogP contribution in [0.15, 0.2) is 96.6 Å². The fraction of sp³-hybridized carbons (Fsp3) is 0.160. The van der Waals surface area contributed by atoms with E-state index in [0.717, 1.165) is 0 Å². The van der Waals surface area contributed by atoms with Crippen LogP contribution in [0.3, 0.4) is 0 Å². The fourth-order valence-electron chi connectivity index (χ4n) is 4.12. The van der Waals surface area contributed by atoms with E-state index in [1.165, 1.54) is 12.1 Å². The van der Waals surface area contributed by atoms with Crippen molar-refractivity contribution < 1.29 is 19.0 Å². The molecule has 1 atom stereocenters. The summed E-state index contributed by atoms with van der Waals surface area (Å²) in [6, 6.07) is 23.6. The molecule has 0 radical (unpaired) electrons. The molecule has 0 amide bonds. The van der Waals surface area contributed by atoms with Crippen molar-refractivity contribution in [3.63, 3.8) is 0 Å². The van der Waals surface area contributed by atoms with Gasteiger partial charge in [-0.25, -0.2) is 9.46 Å². The van der Waals surface area contributed by atoms with Crippen LogP contribution in [0, 0.1) is 10.1 Å². The molecule has 33 heavy (non-hydrogen) atoms.